The van der Waals surface area contributed by atoms with Crippen molar-refractivity contribution in [3.05, 3.63) is 33.5 Å². The van der Waals surface area contributed by atoms with Gasteiger partial charge in [-0.2, -0.15) is 4.98 Å². The highest BCUT2D eigenvalue weighted by Crippen LogP contribution is 2.32. The van der Waals surface area contributed by atoms with Gasteiger partial charge in [-0.05, 0) is 39.5 Å². The lowest BCUT2D eigenvalue weighted by Crippen LogP contribution is -2.27. The van der Waals surface area contributed by atoms with Crippen LogP contribution in [0.15, 0.2) is 27.2 Å². The predicted molar refractivity (Wildman–Crippen MR) is 78.8 cm³/mol. The summed E-state index contributed by atoms with van der Waals surface area (Å²) in [7, 11) is 0. The summed E-state index contributed by atoms with van der Waals surface area (Å²) >= 11 is 9.33. The molecule has 1 unspecified atom stereocenters. The first-order valence-corrected chi connectivity index (χ1v) is 7.01. The topological polar surface area (TPSA) is 64.9 Å². The molecular weight excluding hydrogens is 330 g/mol. The van der Waals surface area contributed by atoms with Gasteiger partial charge in [-0.25, -0.2) is 0 Å². The molecule has 6 heteroatoms. The summed E-state index contributed by atoms with van der Waals surface area (Å²) in [4.78, 5) is 4.36. The minimum Gasteiger partial charge on any atom is -0.334 e. The maximum Gasteiger partial charge on any atom is 0.259 e. The maximum absolute atomic E-state index is 6.11. The lowest BCUT2D eigenvalue weighted by atomic mass is 9.87. The number of benzene rings is 1. The Morgan fingerprint density at radius 1 is 1.37 bits per heavy atom. The minimum atomic E-state index is -0.281. The molecule has 0 saturated carbocycles. The highest BCUT2D eigenvalue weighted by Gasteiger charge is 2.27. The van der Waals surface area contributed by atoms with Crippen LogP contribution >= 0.6 is 27.5 Å². The molecule has 0 radical (unpaired) electrons. The molecule has 0 aliphatic heterocycles. The van der Waals surface area contributed by atoms with E-state index in [2.05, 4.69) is 26.1 Å². The van der Waals surface area contributed by atoms with Crippen molar-refractivity contribution in [3.63, 3.8) is 0 Å². The quantitative estimate of drug-likeness (QED) is 0.886. The third kappa shape index (κ3) is 3.16. The van der Waals surface area contributed by atoms with E-state index < -0.39 is 0 Å². The second kappa shape index (κ2) is 5.23. The minimum absolute atomic E-state index is 0.127. The van der Waals surface area contributed by atoms with Crippen molar-refractivity contribution in [2.75, 3.05) is 0 Å². The Morgan fingerprint density at radius 2 is 2.05 bits per heavy atom. The summed E-state index contributed by atoms with van der Waals surface area (Å²) in [6, 6.07) is 5.10. The smallest absolute Gasteiger partial charge is 0.259 e. The Morgan fingerprint density at radius 3 is 2.63 bits per heavy atom. The summed E-state index contributed by atoms with van der Waals surface area (Å²) < 4.78 is 6.08. The Bertz CT molecular complexity index is 592. The predicted octanol–water partition coefficient (Wildman–Crippen LogP) is 4.20. The molecule has 1 aromatic carbocycles. The molecule has 0 aliphatic rings. The first-order valence-electron chi connectivity index (χ1n) is 5.83. The van der Waals surface area contributed by atoms with Crippen LogP contribution in [-0.2, 0) is 0 Å². The molecule has 0 spiro atoms. The van der Waals surface area contributed by atoms with E-state index in [1.807, 2.05) is 26.8 Å². The van der Waals surface area contributed by atoms with Crippen molar-refractivity contribution in [3.8, 4) is 11.5 Å². The average molecular weight is 345 g/mol. The number of halogens is 2. The van der Waals surface area contributed by atoms with Crippen LogP contribution in [-0.4, -0.2) is 10.1 Å². The van der Waals surface area contributed by atoms with Crippen LogP contribution in [0.5, 0.6) is 0 Å². The van der Waals surface area contributed by atoms with E-state index in [9.17, 15) is 0 Å². The Labute approximate surface area is 125 Å². The molecule has 2 rings (SSSR count). The van der Waals surface area contributed by atoms with Gasteiger partial charge in [0.2, 0.25) is 0 Å². The molecule has 19 heavy (non-hydrogen) atoms. The van der Waals surface area contributed by atoms with Gasteiger partial charge in [0.15, 0.2) is 5.82 Å². The van der Waals surface area contributed by atoms with Crippen LogP contribution < -0.4 is 5.73 Å². The second-order valence-electron chi connectivity index (χ2n) is 5.43. The van der Waals surface area contributed by atoms with Crippen molar-refractivity contribution in [1.29, 1.82) is 0 Å². The van der Waals surface area contributed by atoms with Gasteiger partial charge in [0, 0.05) is 9.50 Å². The van der Waals surface area contributed by atoms with Crippen molar-refractivity contribution >= 4 is 27.5 Å². The highest BCUT2D eigenvalue weighted by molar-refractivity contribution is 9.10. The Hall–Kier alpha value is -0.910. The van der Waals surface area contributed by atoms with Crippen molar-refractivity contribution in [2.45, 2.75) is 26.8 Å². The monoisotopic (exact) mass is 343 g/mol. The number of nitrogens with zero attached hydrogens (tertiary/aromatic N) is 2. The molecular formula is C13H15BrClN3O. The fourth-order valence-electron chi connectivity index (χ4n) is 1.52. The molecule has 0 saturated heterocycles. The van der Waals surface area contributed by atoms with Gasteiger partial charge < -0.3 is 10.3 Å². The van der Waals surface area contributed by atoms with Crippen molar-refractivity contribution in [2.24, 2.45) is 11.1 Å². The summed E-state index contributed by atoms with van der Waals surface area (Å²) in [6.07, 6.45) is 0. The van der Waals surface area contributed by atoms with Crippen LogP contribution in [0, 0.1) is 5.41 Å². The lowest BCUT2D eigenvalue weighted by molar-refractivity contribution is 0.303. The number of hydrogen-bond acceptors (Lipinski definition) is 4. The zero-order chi connectivity index (χ0) is 14.2. The fourth-order valence-corrected chi connectivity index (χ4v) is 2.37. The van der Waals surface area contributed by atoms with Gasteiger partial charge in [0.1, 0.15) is 0 Å². The van der Waals surface area contributed by atoms with Gasteiger partial charge >= 0.3 is 0 Å². The summed E-state index contributed by atoms with van der Waals surface area (Å²) in [6.45, 7) is 6.10. The molecule has 0 amide bonds. The standard InChI is InChI=1S/C13H15BrClN3O/c1-13(2,3)10(16)11-17-12(19-18-11)8-5-4-7(15)6-9(8)14/h4-6,10H,16H2,1-3H3. The van der Waals surface area contributed by atoms with Gasteiger partial charge in [0.05, 0.1) is 11.6 Å². The molecule has 1 aromatic heterocycles. The van der Waals surface area contributed by atoms with E-state index in [4.69, 9.17) is 21.9 Å². The number of rotatable bonds is 2. The lowest BCUT2D eigenvalue weighted by Gasteiger charge is -2.23. The van der Waals surface area contributed by atoms with Crippen LogP contribution in [0.1, 0.15) is 32.6 Å². The summed E-state index contributed by atoms with van der Waals surface area (Å²) in [5, 5.41) is 4.60. The van der Waals surface area contributed by atoms with Crippen molar-refractivity contribution in [1.82, 2.24) is 10.1 Å². The van der Waals surface area contributed by atoms with E-state index in [-0.39, 0.29) is 11.5 Å². The molecule has 0 fully saturated rings. The van der Waals surface area contributed by atoms with E-state index in [1.165, 1.54) is 0 Å². The molecule has 0 aliphatic carbocycles. The first-order chi connectivity index (χ1) is 8.79. The largest absolute Gasteiger partial charge is 0.334 e. The van der Waals surface area contributed by atoms with E-state index in [0.717, 1.165) is 10.0 Å². The average Bonchev–Trinajstić information content (AvgIpc) is 2.75. The van der Waals surface area contributed by atoms with Crippen LogP contribution in [0.4, 0.5) is 0 Å². The molecule has 4 nitrogen and oxygen atoms in total. The molecule has 2 aromatic rings. The van der Waals surface area contributed by atoms with Crippen molar-refractivity contribution < 1.29 is 4.52 Å². The van der Waals surface area contributed by atoms with Gasteiger partial charge in [-0.15, -0.1) is 0 Å². The van der Waals surface area contributed by atoms with Crippen LogP contribution in [0.25, 0.3) is 11.5 Å². The highest BCUT2D eigenvalue weighted by atomic mass is 79.9. The zero-order valence-electron chi connectivity index (χ0n) is 10.9. The third-order valence-corrected chi connectivity index (χ3v) is 3.71. The van der Waals surface area contributed by atoms with E-state index in [1.54, 1.807) is 12.1 Å². The zero-order valence-corrected chi connectivity index (χ0v) is 13.3. The van der Waals surface area contributed by atoms with Gasteiger partial charge in [-0.1, -0.05) is 37.5 Å². The molecule has 2 N–H and O–H groups in total. The van der Waals surface area contributed by atoms with Crippen LogP contribution in [0.3, 0.4) is 0 Å². The number of nitrogens with two attached hydrogens (primary N) is 1. The number of hydrogen-bond donors (Lipinski definition) is 1. The Kier molecular flexibility index (Phi) is 3.99. The second-order valence-corrected chi connectivity index (χ2v) is 6.72. The summed E-state index contributed by atoms with van der Waals surface area (Å²) in [5.74, 6) is 0.933. The SMILES string of the molecule is CC(C)(C)C(N)c1noc(-c2ccc(Cl)cc2Br)n1. The molecule has 102 valence electrons. The Balaban J connectivity index is 2.36. The first kappa shape index (κ1) is 14.5. The molecule has 1 atom stereocenters. The van der Waals surface area contributed by atoms with E-state index >= 15 is 0 Å². The normalized spacial score (nSPS) is 13.6. The molecule has 0 bridgehead atoms. The van der Waals surface area contributed by atoms with Crippen LogP contribution in [0.2, 0.25) is 5.02 Å². The van der Waals surface area contributed by atoms with E-state index in [0.29, 0.717) is 16.7 Å². The fraction of sp³-hybridized carbons (Fsp3) is 0.385. The summed E-state index contributed by atoms with van der Waals surface area (Å²) in [5.41, 5.74) is 6.78. The van der Waals surface area contributed by atoms with Gasteiger partial charge in [-0.3, -0.25) is 0 Å². The molecule has 1 heterocycles. The third-order valence-electron chi connectivity index (χ3n) is 2.81. The number of aromatic nitrogens is 2. The van der Waals surface area contributed by atoms with Gasteiger partial charge in [0.25, 0.3) is 5.89 Å². The maximum atomic E-state index is 6.11.